The lowest BCUT2D eigenvalue weighted by molar-refractivity contribution is 0.0388. The molecule has 0 heterocycles. The quantitative estimate of drug-likeness (QED) is 0.649. The summed E-state index contributed by atoms with van der Waals surface area (Å²) in [5, 5.41) is 5.19. The van der Waals surface area contributed by atoms with Gasteiger partial charge in [-0.1, -0.05) is 11.6 Å². The Hall–Kier alpha value is -1.15. The van der Waals surface area contributed by atoms with E-state index in [2.05, 4.69) is 0 Å². The van der Waals surface area contributed by atoms with E-state index in [4.69, 9.17) is 26.2 Å². The Morgan fingerprint density at radius 3 is 2.53 bits per heavy atom. The van der Waals surface area contributed by atoms with Crippen molar-refractivity contribution in [1.82, 2.24) is 0 Å². The number of sulfonamides is 1. The highest BCUT2D eigenvalue weighted by molar-refractivity contribution is 7.89. The van der Waals surface area contributed by atoms with Gasteiger partial charge in [-0.2, -0.15) is 0 Å². The van der Waals surface area contributed by atoms with Crippen molar-refractivity contribution in [3.8, 4) is 0 Å². The molecule has 1 aromatic carbocycles. The number of primary sulfonamides is 1. The summed E-state index contributed by atoms with van der Waals surface area (Å²) in [4.78, 5) is 11.5. The summed E-state index contributed by atoms with van der Waals surface area (Å²) in [5.74, 6) is -0.691. The molecule has 0 amide bonds. The minimum absolute atomic E-state index is 0.0238. The number of esters is 1. The van der Waals surface area contributed by atoms with Crippen LogP contribution in [-0.4, -0.2) is 34.7 Å². The summed E-state index contributed by atoms with van der Waals surface area (Å²) >= 11 is 5.88. The van der Waals surface area contributed by atoms with E-state index in [0.29, 0.717) is 0 Å². The van der Waals surface area contributed by atoms with Gasteiger partial charge in [0.25, 0.3) is 0 Å². The first-order chi connectivity index (χ1) is 8.77. The van der Waals surface area contributed by atoms with Gasteiger partial charge in [0.15, 0.2) is 0 Å². The van der Waals surface area contributed by atoms with Crippen molar-refractivity contribution in [3.05, 3.63) is 28.3 Å². The van der Waals surface area contributed by atoms with Crippen molar-refractivity contribution >= 4 is 27.6 Å². The fourth-order valence-electron chi connectivity index (χ4n) is 1.37. The molecule has 1 rings (SSSR count). The number of ether oxygens (including phenoxy) is 2. The van der Waals surface area contributed by atoms with Gasteiger partial charge in [-0.05, 0) is 24.6 Å². The van der Waals surface area contributed by atoms with Crippen LogP contribution in [0.5, 0.6) is 0 Å². The zero-order valence-electron chi connectivity index (χ0n) is 10.5. The van der Waals surface area contributed by atoms with Crippen molar-refractivity contribution in [3.63, 3.8) is 0 Å². The summed E-state index contributed by atoms with van der Waals surface area (Å²) in [7, 11) is -2.49. The highest BCUT2D eigenvalue weighted by Gasteiger charge is 2.18. The maximum Gasteiger partial charge on any atom is 0.338 e. The highest BCUT2D eigenvalue weighted by atomic mass is 35.5. The number of carbonyl (C=O) groups is 1. The fraction of sp³-hybridized carbons (Fsp3) is 0.364. The lowest BCUT2D eigenvalue weighted by Gasteiger charge is -2.09. The number of benzene rings is 1. The molecule has 0 spiro atoms. The monoisotopic (exact) mass is 307 g/mol. The van der Waals surface area contributed by atoms with Gasteiger partial charge in [0, 0.05) is 12.1 Å². The molecule has 19 heavy (non-hydrogen) atoms. The molecule has 0 fully saturated rings. The largest absolute Gasteiger partial charge is 0.460 e. The SMILES string of the molecule is COCCOC(=O)c1cc(Cl)c(C)c(S(N)(=O)=O)c1. The summed E-state index contributed by atoms with van der Waals surface area (Å²) in [6.07, 6.45) is 0. The average molecular weight is 308 g/mol. The number of hydrogen-bond acceptors (Lipinski definition) is 5. The van der Waals surface area contributed by atoms with Gasteiger partial charge >= 0.3 is 5.97 Å². The molecule has 0 bridgehead atoms. The van der Waals surface area contributed by atoms with Gasteiger partial charge in [-0.15, -0.1) is 0 Å². The predicted molar refractivity (Wildman–Crippen MR) is 69.7 cm³/mol. The van der Waals surface area contributed by atoms with Crippen LogP contribution < -0.4 is 5.14 Å². The van der Waals surface area contributed by atoms with E-state index in [0.717, 1.165) is 6.07 Å². The summed E-state index contributed by atoms with van der Waals surface area (Å²) in [5.41, 5.74) is 0.313. The van der Waals surface area contributed by atoms with E-state index in [1.165, 1.54) is 20.1 Å². The molecule has 1 aromatic rings. The van der Waals surface area contributed by atoms with Crippen LogP contribution in [0.2, 0.25) is 5.02 Å². The van der Waals surface area contributed by atoms with Crippen LogP contribution in [0, 0.1) is 6.92 Å². The van der Waals surface area contributed by atoms with Crippen LogP contribution in [-0.2, 0) is 19.5 Å². The lowest BCUT2D eigenvalue weighted by Crippen LogP contribution is -2.16. The van der Waals surface area contributed by atoms with Crippen LogP contribution in [0.25, 0.3) is 0 Å². The minimum Gasteiger partial charge on any atom is -0.460 e. The van der Waals surface area contributed by atoms with Crippen LogP contribution >= 0.6 is 11.6 Å². The van der Waals surface area contributed by atoms with Gasteiger partial charge in [0.1, 0.15) is 6.61 Å². The molecule has 0 aromatic heterocycles. The second-order valence-corrected chi connectivity index (χ2v) is 5.69. The molecular weight excluding hydrogens is 294 g/mol. The van der Waals surface area contributed by atoms with Crippen LogP contribution in [0.4, 0.5) is 0 Å². The predicted octanol–water partition coefficient (Wildman–Crippen LogP) is 1.10. The molecule has 0 unspecified atom stereocenters. The van der Waals surface area contributed by atoms with Gasteiger partial charge in [-0.25, -0.2) is 18.4 Å². The Kier molecular flexibility index (Phi) is 5.30. The van der Waals surface area contributed by atoms with Crippen molar-refractivity contribution < 1.29 is 22.7 Å². The summed E-state index contributed by atoms with van der Waals surface area (Å²) < 4.78 is 32.4. The van der Waals surface area contributed by atoms with Gasteiger partial charge in [0.05, 0.1) is 17.1 Å². The summed E-state index contributed by atoms with van der Waals surface area (Å²) in [6.45, 7) is 1.81. The summed E-state index contributed by atoms with van der Waals surface area (Å²) in [6, 6.07) is 2.48. The third kappa shape index (κ3) is 4.17. The average Bonchev–Trinajstić information content (AvgIpc) is 2.31. The number of halogens is 1. The Bertz CT molecular complexity index is 585. The van der Waals surface area contributed by atoms with Gasteiger partial charge in [-0.3, -0.25) is 0 Å². The molecule has 0 aliphatic rings. The lowest BCUT2D eigenvalue weighted by atomic mass is 10.1. The first kappa shape index (κ1) is 15.9. The molecule has 0 saturated carbocycles. The van der Waals surface area contributed by atoms with E-state index in [1.807, 2.05) is 0 Å². The first-order valence-electron chi connectivity index (χ1n) is 5.26. The normalized spacial score (nSPS) is 11.4. The molecule has 0 aliphatic carbocycles. The van der Waals surface area contributed by atoms with E-state index in [-0.39, 0.29) is 34.3 Å². The molecule has 8 heteroatoms. The molecule has 0 aliphatic heterocycles. The number of methoxy groups -OCH3 is 1. The van der Waals surface area contributed by atoms with E-state index >= 15 is 0 Å². The Morgan fingerprint density at radius 2 is 2.00 bits per heavy atom. The Morgan fingerprint density at radius 1 is 1.37 bits per heavy atom. The zero-order chi connectivity index (χ0) is 14.6. The molecule has 0 radical (unpaired) electrons. The fourth-order valence-corrected chi connectivity index (χ4v) is 2.47. The molecule has 2 N–H and O–H groups in total. The Balaban J connectivity index is 3.11. The number of nitrogens with two attached hydrogens (primary N) is 1. The van der Waals surface area contributed by atoms with Crippen molar-refractivity contribution in [2.45, 2.75) is 11.8 Å². The molecule has 0 atom stereocenters. The standard InChI is InChI=1S/C11H14ClNO5S/c1-7-9(12)5-8(6-10(7)19(13,15)16)11(14)18-4-3-17-2/h5-6H,3-4H2,1-2H3,(H2,13,15,16). The number of carbonyl (C=O) groups excluding carboxylic acids is 1. The van der Waals surface area contributed by atoms with Crippen molar-refractivity contribution in [2.75, 3.05) is 20.3 Å². The van der Waals surface area contributed by atoms with Crippen LogP contribution in [0.3, 0.4) is 0 Å². The maximum absolute atomic E-state index is 11.7. The highest BCUT2D eigenvalue weighted by Crippen LogP contribution is 2.25. The Labute approximate surface area is 116 Å². The van der Waals surface area contributed by atoms with Crippen molar-refractivity contribution in [2.24, 2.45) is 5.14 Å². The first-order valence-corrected chi connectivity index (χ1v) is 7.18. The second-order valence-electron chi connectivity index (χ2n) is 3.75. The zero-order valence-corrected chi connectivity index (χ0v) is 12.0. The molecule has 0 saturated heterocycles. The van der Waals surface area contributed by atoms with E-state index in [9.17, 15) is 13.2 Å². The minimum atomic E-state index is -3.95. The van der Waals surface area contributed by atoms with Crippen molar-refractivity contribution in [1.29, 1.82) is 0 Å². The van der Waals surface area contributed by atoms with Crippen LogP contribution in [0.1, 0.15) is 15.9 Å². The smallest absolute Gasteiger partial charge is 0.338 e. The maximum atomic E-state index is 11.7. The topological polar surface area (TPSA) is 95.7 Å². The van der Waals surface area contributed by atoms with Crippen LogP contribution in [0.15, 0.2) is 17.0 Å². The third-order valence-corrected chi connectivity index (χ3v) is 3.79. The second kappa shape index (κ2) is 6.33. The number of hydrogen-bond donors (Lipinski definition) is 1. The number of rotatable bonds is 5. The van der Waals surface area contributed by atoms with Gasteiger partial charge in [0.2, 0.25) is 10.0 Å². The molecule has 106 valence electrons. The third-order valence-electron chi connectivity index (χ3n) is 2.36. The molecular formula is C11H14ClNO5S. The van der Waals surface area contributed by atoms with E-state index in [1.54, 1.807) is 0 Å². The van der Waals surface area contributed by atoms with E-state index < -0.39 is 16.0 Å². The molecule has 6 nitrogen and oxygen atoms in total. The van der Waals surface area contributed by atoms with Gasteiger partial charge < -0.3 is 9.47 Å².